The van der Waals surface area contributed by atoms with Gasteiger partial charge in [0, 0.05) is 11.3 Å². The van der Waals surface area contributed by atoms with Crippen LogP contribution in [0.3, 0.4) is 0 Å². The second kappa shape index (κ2) is 9.91. The molecule has 0 unspecified atom stereocenters. The smallest absolute Gasteiger partial charge is 0.338 e. The summed E-state index contributed by atoms with van der Waals surface area (Å²) >= 11 is 2.01. The maximum Gasteiger partial charge on any atom is 0.338 e. The quantitative estimate of drug-likeness (QED) is 0.352. The van der Waals surface area contributed by atoms with Gasteiger partial charge in [-0.15, -0.1) is 0 Å². The van der Waals surface area contributed by atoms with Crippen LogP contribution < -0.4 is 14.8 Å². The van der Waals surface area contributed by atoms with Crippen molar-refractivity contribution in [1.29, 1.82) is 0 Å². The van der Waals surface area contributed by atoms with Crippen LogP contribution in [-0.2, 0) is 9.53 Å². The summed E-state index contributed by atoms with van der Waals surface area (Å²) in [7, 11) is 1.46. The minimum atomic E-state index is -0.417. The Hall–Kier alpha value is -2.62. The van der Waals surface area contributed by atoms with Gasteiger partial charge in [0.1, 0.15) is 6.29 Å². The fourth-order valence-electron chi connectivity index (χ4n) is 2.19. The van der Waals surface area contributed by atoms with Crippen molar-refractivity contribution in [2.24, 2.45) is 0 Å². The van der Waals surface area contributed by atoms with Crippen molar-refractivity contribution in [2.75, 3.05) is 25.6 Å². The summed E-state index contributed by atoms with van der Waals surface area (Å²) in [6, 6.07) is 9.52. The molecule has 0 heterocycles. The van der Waals surface area contributed by atoms with Gasteiger partial charge >= 0.3 is 5.97 Å². The molecule has 0 aliphatic heterocycles. The molecule has 2 rings (SSSR count). The third-order valence-corrected chi connectivity index (χ3v) is 4.22. The lowest BCUT2D eigenvalue weighted by atomic mass is 10.2. The molecule has 2 aromatic carbocycles. The fourth-order valence-corrected chi connectivity index (χ4v) is 2.97. The van der Waals surface area contributed by atoms with E-state index in [1.807, 2.05) is 22.6 Å². The Morgan fingerprint density at radius 1 is 1.19 bits per heavy atom. The van der Waals surface area contributed by atoms with Crippen LogP contribution in [0.25, 0.3) is 0 Å². The molecule has 0 aliphatic carbocycles. The molecule has 0 saturated carbocycles. The second-order valence-corrected chi connectivity index (χ2v) is 6.45. The molecule has 0 saturated heterocycles. The van der Waals surface area contributed by atoms with Gasteiger partial charge in [0.2, 0.25) is 0 Å². The largest absolute Gasteiger partial charge is 0.493 e. The molecular formula is C19H18INO6. The zero-order chi connectivity index (χ0) is 19.8. The fraction of sp³-hybridized carbons (Fsp3) is 0.211. The first-order valence-corrected chi connectivity index (χ1v) is 9.09. The predicted molar refractivity (Wildman–Crippen MR) is 108 cm³/mol. The van der Waals surface area contributed by atoms with E-state index in [0.29, 0.717) is 44.8 Å². The normalized spacial score (nSPS) is 10.0. The van der Waals surface area contributed by atoms with Crippen molar-refractivity contribution >= 4 is 46.4 Å². The number of halogens is 1. The van der Waals surface area contributed by atoms with E-state index in [4.69, 9.17) is 14.2 Å². The van der Waals surface area contributed by atoms with Crippen molar-refractivity contribution < 1.29 is 28.6 Å². The van der Waals surface area contributed by atoms with E-state index >= 15 is 0 Å². The van der Waals surface area contributed by atoms with Crippen LogP contribution in [0.1, 0.15) is 27.6 Å². The first-order valence-electron chi connectivity index (χ1n) is 8.01. The summed E-state index contributed by atoms with van der Waals surface area (Å²) in [4.78, 5) is 34.6. The molecular weight excluding hydrogens is 465 g/mol. The van der Waals surface area contributed by atoms with E-state index in [1.54, 1.807) is 37.3 Å². The van der Waals surface area contributed by atoms with Crippen LogP contribution in [0, 0.1) is 3.57 Å². The summed E-state index contributed by atoms with van der Waals surface area (Å²) in [5.41, 5.74) is 1.38. The number of hydrogen-bond donors (Lipinski definition) is 1. The highest BCUT2D eigenvalue weighted by atomic mass is 127. The van der Waals surface area contributed by atoms with Gasteiger partial charge in [0.05, 0.1) is 22.9 Å². The van der Waals surface area contributed by atoms with Crippen LogP contribution >= 0.6 is 22.6 Å². The third kappa shape index (κ3) is 5.68. The van der Waals surface area contributed by atoms with Gasteiger partial charge in [-0.25, -0.2) is 4.79 Å². The number of esters is 1. The summed E-state index contributed by atoms with van der Waals surface area (Å²) in [5, 5.41) is 2.67. The molecule has 0 radical (unpaired) electrons. The number of rotatable bonds is 8. The maximum absolute atomic E-state index is 12.1. The van der Waals surface area contributed by atoms with Crippen LogP contribution in [-0.4, -0.2) is 38.5 Å². The monoisotopic (exact) mass is 483 g/mol. The number of anilines is 1. The zero-order valence-corrected chi connectivity index (χ0v) is 16.9. The highest BCUT2D eigenvalue weighted by molar-refractivity contribution is 14.1. The van der Waals surface area contributed by atoms with E-state index in [9.17, 15) is 14.4 Å². The Labute approximate surface area is 170 Å². The number of hydrogen-bond acceptors (Lipinski definition) is 6. The van der Waals surface area contributed by atoms with Crippen molar-refractivity contribution in [3.05, 3.63) is 51.1 Å². The molecule has 2 aromatic rings. The van der Waals surface area contributed by atoms with E-state index < -0.39 is 5.97 Å². The number of methoxy groups -OCH3 is 1. The number of carbonyl (C=O) groups is 3. The molecule has 142 valence electrons. The number of carbonyl (C=O) groups excluding carboxylic acids is 3. The molecule has 7 nitrogen and oxygen atoms in total. The Balaban J connectivity index is 1.99. The third-order valence-electron chi connectivity index (χ3n) is 3.42. The summed E-state index contributed by atoms with van der Waals surface area (Å²) in [5.74, 6) is -0.0394. The average Bonchev–Trinajstić information content (AvgIpc) is 2.67. The van der Waals surface area contributed by atoms with Crippen LogP contribution in [0.4, 0.5) is 5.69 Å². The Kier molecular flexibility index (Phi) is 7.59. The number of amides is 1. The second-order valence-electron chi connectivity index (χ2n) is 5.29. The zero-order valence-electron chi connectivity index (χ0n) is 14.8. The van der Waals surface area contributed by atoms with Crippen molar-refractivity contribution in [1.82, 2.24) is 0 Å². The van der Waals surface area contributed by atoms with Gasteiger partial charge < -0.3 is 19.5 Å². The summed E-state index contributed by atoms with van der Waals surface area (Å²) in [6.07, 6.45) is 0.709. The molecule has 1 N–H and O–H groups in total. The predicted octanol–water partition coefficient (Wildman–Crippen LogP) is 3.31. The van der Waals surface area contributed by atoms with Crippen molar-refractivity contribution in [3.8, 4) is 11.5 Å². The van der Waals surface area contributed by atoms with Crippen LogP contribution in [0.15, 0.2) is 36.4 Å². The van der Waals surface area contributed by atoms with E-state index in [-0.39, 0.29) is 12.5 Å². The number of ether oxygens (including phenoxy) is 3. The highest BCUT2D eigenvalue weighted by Crippen LogP contribution is 2.33. The van der Waals surface area contributed by atoms with Gasteiger partial charge in [-0.3, -0.25) is 9.59 Å². The topological polar surface area (TPSA) is 90.9 Å². The van der Waals surface area contributed by atoms with E-state index in [0.717, 1.165) is 0 Å². The standard InChI is InChI=1S/C19H18INO6/c1-3-26-19(24)13-4-6-14(7-5-13)21-17(23)11-27-18-15(20)8-12(10-22)9-16(18)25-2/h4-10H,3,11H2,1-2H3,(H,21,23). The maximum atomic E-state index is 12.1. The molecule has 0 atom stereocenters. The van der Waals surface area contributed by atoms with E-state index in [2.05, 4.69) is 5.32 Å². The van der Waals surface area contributed by atoms with Gasteiger partial charge in [0.15, 0.2) is 18.1 Å². The molecule has 0 aromatic heterocycles. The first-order chi connectivity index (χ1) is 13.0. The number of aldehydes is 1. The molecule has 0 aliphatic rings. The Morgan fingerprint density at radius 3 is 2.48 bits per heavy atom. The van der Waals surface area contributed by atoms with Crippen molar-refractivity contribution in [3.63, 3.8) is 0 Å². The van der Waals surface area contributed by atoms with Crippen molar-refractivity contribution in [2.45, 2.75) is 6.92 Å². The Bertz CT molecular complexity index is 835. The Morgan fingerprint density at radius 2 is 1.89 bits per heavy atom. The van der Waals surface area contributed by atoms with Gasteiger partial charge in [-0.2, -0.15) is 0 Å². The molecule has 8 heteroatoms. The average molecular weight is 483 g/mol. The van der Waals surface area contributed by atoms with E-state index in [1.165, 1.54) is 13.2 Å². The van der Waals surface area contributed by atoms with Gasteiger partial charge in [0.25, 0.3) is 5.91 Å². The summed E-state index contributed by atoms with van der Waals surface area (Å²) in [6.45, 7) is 1.78. The van der Waals surface area contributed by atoms with Gasteiger partial charge in [-0.1, -0.05) is 0 Å². The molecule has 27 heavy (non-hydrogen) atoms. The molecule has 0 fully saturated rings. The van der Waals surface area contributed by atoms with Crippen LogP contribution in [0.2, 0.25) is 0 Å². The molecule has 0 spiro atoms. The highest BCUT2D eigenvalue weighted by Gasteiger charge is 2.14. The summed E-state index contributed by atoms with van der Waals surface area (Å²) < 4.78 is 16.3. The SMILES string of the molecule is CCOC(=O)c1ccc(NC(=O)COc2c(I)cc(C=O)cc2OC)cc1. The lowest BCUT2D eigenvalue weighted by molar-refractivity contribution is -0.118. The van der Waals surface area contributed by atoms with Crippen LogP contribution in [0.5, 0.6) is 11.5 Å². The number of benzene rings is 2. The molecule has 0 bridgehead atoms. The number of nitrogens with one attached hydrogen (secondary N) is 1. The molecule has 1 amide bonds. The minimum absolute atomic E-state index is 0.244. The first kappa shape index (κ1) is 20.7. The minimum Gasteiger partial charge on any atom is -0.493 e. The lowest BCUT2D eigenvalue weighted by Gasteiger charge is -2.13. The van der Waals surface area contributed by atoms with Gasteiger partial charge in [-0.05, 0) is 65.9 Å². The lowest BCUT2D eigenvalue weighted by Crippen LogP contribution is -2.20.